The highest BCUT2D eigenvalue weighted by Crippen LogP contribution is 2.23. The summed E-state index contributed by atoms with van der Waals surface area (Å²) in [6, 6.07) is 18.9. The molecule has 0 N–H and O–H groups in total. The third kappa shape index (κ3) is 3.84. The van der Waals surface area contributed by atoms with Crippen molar-refractivity contribution in [1.82, 2.24) is 19.6 Å². The lowest BCUT2D eigenvalue weighted by atomic mass is 10.2. The summed E-state index contributed by atoms with van der Waals surface area (Å²) < 4.78 is 8.12. The summed E-state index contributed by atoms with van der Waals surface area (Å²) in [4.78, 5) is 23.6. The topological polar surface area (TPSA) is 105 Å². The van der Waals surface area contributed by atoms with Crippen LogP contribution in [0.2, 0.25) is 0 Å². The van der Waals surface area contributed by atoms with Crippen LogP contribution in [0.15, 0.2) is 72.9 Å². The van der Waals surface area contributed by atoms with Gasteiger partial charge in [-0.1, -0.05) is 47.7 Å². The quantitative estimate of drug-likeness (QED) is 0.369. The highest BCUT2D eigenvalue weighted by Gasteiger charge is 2.28. The molecule has 9 nitrogen and oxygen atoms in total. The zero-order valence-electron chi connectivity index (χ0n) is 15.3. The Morgan fingerprint density at radius 2 is 1.83 bits per heavy atom. The fraction of sp³-hybridized carbons (Fsp3) is 0.150. The number of aromatic nitrogens is 4. The van der Waals surface area contributed by atoms with Gasteiger partial charge in [0.25, 0.3) is 0 Å². The number of benzene rings is 2. The molecule has 0 saturated carbocycles. The van der Waals surface area contributed by atoms with Gasteiger partial charge in [0.1, 0.15) is 12.1 Å². The Labute approximate surface area is 165 Å². The normalized spacial score (nSPS) is 12.0. The summed E-state index contributed by atoms with van der Waals surface area (Å²) in [6.07, 6.45) is 0.904. The number of nitro groups is 1. The Hall–Kier alpha value is -4.01. The molecule has 0 aliphatic carbocycles. The second-order valence-electron chi connectivity index (χ2n) is 6.40. The lowest BCUT2D eigenvalue weighted by Crippen LogP contribution is -2.26. The van der Waals surface area contributed by atoms with Gasteiger partial charge in [0.15, 0.2) is 6.04 Å². The molecule has 0 aliphatic heterocycles. The van der Waals surface area contributed by atoms with Crippen LogP contribution in [0.3, 0.4) is 0 Å². The van der Waals surface area contributed by atoms with Crippen molar-refractivity contribution in [2.45, 2.75) is 12.6 Å². The van der Waals surface area contributed by atoms with Gasteiger partial charge in [0.05, 0.1) is 11.2 Å². The van der Waals surface area contributed by atoms with Crippen molar-refractivity contribution in [2.24, 2.45) is 0 Å². The molecule has 0 fully saturated rings. The number of carbonyl (C=O) groups is 1. The van der Waals surface area contributed by atoms with Crippen molar-refractivity contribution in [3.8, 4) is 0 Å². The van der Waals surface area contributed by atoms with Crippen molar-refractivity contribution in [1.29, 1.82) is 0 Å². The summed E-state index contributed by atoms with van der Waals surface area (Å²) >= 11 is 0. The van der Waals surface area contributed by atoms with E-state index in [-0.39, 0.29) is 6.61 Å². The summed E-state index contributed by atoms with van der Waals surface area (Å²) in [7, 11) is 0. The first-order chi connectivity index (χ1) is 14.1. The molecule has 2 aromatic heterocycles. The van der Waals surface area contributed by atoms with E-state index in [1.807, 2.05) is 36.4 Å². The molecule has 0 radical (unpaired) electrons. The average molecular weight is 391 g/mol. The van der Waals surface area contributed by atoms with Gasteiger partial charge in [-0.3, -0.25) is 14.7 Å². The Morgan fingerprint density at radius 3 is 2.62 bits per heavy atom. The number of nitrogens with zero attached hydrogens (tertiary/aromatic N) is 5. The molecule has 0 spiro atoms. The van der Waals surface area contributed by atoms with Crippen LogP contribution in [0.25, 0.3) is 11.0 Å². The summed E-state index contributed by atoms with van der Waals surface area (Å²) in [5.41, 5.74) is 2.50. The summed E-state index contributed by atoms with van der Waals surface area (Å²) in [5.74, 6) is 0. The second kappa shape index (κ2) is 7.93. The molecule has 146 valence electrons. The molecule has 2 heterocycles. The van der Waals surface area contributed by atoms with Gasteiger partial charge in [-0.2, -0.15) is 0 Å². The van der Waals surface area contributed by atoms with E-state index in [1.54, 1.807) is 30.3 Å². The van der Waals surface area contributed by atoms with Gasteiger partial charge < -0.3 is 4.74 Å². The molecule has 0 unspecified atom stereocenters. The first kappa shape index (κ1) is 18.4. The fourth-order valence-corrected chi connectivity index (χ4v) is 3.18. The number of ether oxygens (including phenoxy) is 1. The molecule has 9 heteroatoms. The van der Waals surface area contributed by atoms with Crippen molar-refractivity contribution < 1.29 is 14.5 Å². The highest BCUT2D eigenvalue weighted by atomic mass is 16.6. The van der Waals surface area contributed by atoms with Gasteiger partial charge in [0, 0.05) is 11.1 Å². The van der Waals surface area contributed by atoms with Crippen molar-refractivity contribution in [3.05, 3.63) is 94.3 Å². The number of hydrogen-bond donors (Lipinski definition) is 0. The highest BCUT2D eigenvalue weighted by molar-refractivity contribution is 5.75. The first-order valence-electron chi connectivity index (χ1n) is 8.93. The van der Waals surface area contributed by atoms with E-state index in [0.29, 0.717) is 16.7 Å². The lowest BCUT2D eigenvalue weighted by Gasteiger charge is -2.16. The minimum atomic E-state index is -0.823. The molecular formula is C20H17N5O4. The molecule has 0 saturated heterocycles. The minimum Gasteiger partial charge on any atom is -0.444 e. The number of fused-ring (bicyclic) bond motifs is 1. The zero-order chi connectivity index (χ0) is 20.2. The van der Waals surface area contributed by atoms with Crippen molar-refractivity contribution in [3.63, 3.8) is 0 Å². The Bertz CT molecular complexity index is 1150. The summed E-state index contributed by atoms with van der Waals surface area (Å²) in [6.45, 7) is -0.354. The predicted molar refractivity (Wildman–Crippen MR) is 104 cm³/mol. The fourth-order valence-electron chi connectivity index (χ4n) is 3.18. The van der Waals surface area contributed by atoms with Gasteiger partial charge in [0.2, 0.25) is 6.54 Å². The average Bonchev–Trinajstić information content (AvgIpc) is 3.38. The Kier molecular flexibility index (Phi) is 5.02. The van der Waals surface area contributed by atoms with Gasteiger partial charge >= 0.3 is 6.09 Å². The van der Waals surface area contributed by atoms with E-state index in [2.05, 4.69) is 10.3 Å². The number of carbonyl (C=O) groups excluding carboxylic acids is 1. The van der Waals surface area contributed by atoms with Crippen LogP contribution in [0.1, 0.15) is 17.3 Å². The van der Waals surface area contributed by atoms with Crippen LogP contribution in [0.5, 0.6) is 0 Å². The molecular weight excluding hydrogens is 374 g/mol. The van der Waals surface area contributed by atoms with Crippen molar-refractivity contribution >= 4 is 17.1 Å². The summed E-state index contributed by atoms with van der Waals surface area (Å²) in [5, 5.41) is 19.5. The first-order valence-corrected chi connectivity index (χ1v) is 8.93. The number of hydrogen-bond acceptors (Lipinski definition) is 6. The Morgan fingerprint density at radius 1 is 1.07 bits per heavy atom. The van der Waals surface area contributed by atoms with E-state index in [1.165, 1.54) is 15.4 Å². The maximum atomic E-state index is 12.6. The molecule has 29 heavy (non-hydrogen) atoms. The van der Waals surface area contributed by atoms with Crippen LogP contribution >= 0.6 is 0 Å². The molecule has 0 amide bonds. The number of rotatable bonds is 6. The van der Waals surface area contributed by atoms with E-state index < -0.39 is 23.6 Å². The largest absolute Gasteiger partial charge is 0.444 e. The van der Waals surface area contributed by atoms with Gasteiger partial charge in [-0.05, 0) is 29.8 Å². The van der Waals surface area contributed by atoms with Crippen molar-refractivity contribution in [2.75, 3.05) is 6.54 Å². The lowest BCUT2D eigenvalue weighted by molar-refractivity contribution is -0.484. The van der Waals surface area contributed by atoms with E-state index >= 15 is 0 Å². The smallest absolute Gasteiger partial charge is 0.418 e. The second-order valence-corrected chi connectivity index (χ2v) is 6.40. The maximum absolute atomic E-state index is 12.6. The van der Waals surface area contributed by atoms with Gasteiger partial charge in [-0.25, -0.2) is 9.48 Å². The molecule has 0 aliphatic rings. The van der Waals surface area contributed by atoms with E-state index in [0.717, 1.165) is 5.56 Å². The van der Waals surface area contributed by atoms with Crippen LogP contribution in [0.4, 0.5) is 4.79 Å². The van der Waals surface area contributed by atoms with Gasteiger partial charge in [-0.15, -0.1) is 5.10 Å². The SMILES string of the molecule is O=C(OCc1ccccc1)n1cccc1[C@@H](C[N+](=O)[O-])n1nnc2ccccc21. The third-order valence-electron chi connectivity index (χ3n) is 4.52. The van der Waals surface area contributed by atoms with E-state index in [4.69, 9.17) is 4.74 Å². The third-order valence-corrected chi connectivity index (χ3v) is 4.52. The minimum absolute atomic E-state index is 0.101. The predicted octanol–water partition coefficient (Wildman–Crippen LogP) is 3.28. The number of para-hydroxylation sites is 1. The standard InChI is InChI=1S/C20H17N5O4/c26-20(29-14-15-7-2-1-3-8-15)23-12-6-11-18(23)19(13-24(27)28)25-17-10-5-4-9-16(17)21-22-25/h1-12,19H,13-14H2/t19-/m1/s1. The molecule has 0 bridgehead atoms. The van der Waals surface area contributed by atoms with Crippen LogP contribution in [0, 0.1) is 10.1 Å². The van der Waals surface area contributed by atoms with Crippen LogP contribution in [-0.2, 0) is 11.3 Å². The van der Waals surface area contributed by atoms with Crippen LogP contribution < -0.4 is 0 Å². The molecule has 1 atom stereocenters. The maximum Gasteiger partial charge on any atom is 0.418 e. The Balaban J connectivity index is 1.65. The zero-order valence-corrected chi connectivity index (χ0v) is 15.3. The van der Waals surface area contributed by atoms with Crippen LogP contribution in [-0.4, -0.2) is 37.1 Å². The monoisotopic (exact) mass is 391 g/mol. The molecule has 4 aromatic rings. The molecule has 2 aromatic carbocycles. The molecule has 4 rings (SSSR count). The van der Waals surface area contributed by atoms with E-state index in [9.17, 15) is 14.9 Å².